The number of nitrogens with zero attached hydrogens (tertiary/aromatic N) is 2. The summed E-state index contributed by atoms with van der Waals surface area (Å²) in [5, 5.41) is 10.8. The van der Waals surface area contributed by atoms with Gasteiger partial charge in [-0.1, -0.05) is 5.10 Å². The first kappa shape index (κ1) is 10.4. The van der Waals surface area contributed by atoms with E-state index in [-0.39, 0.29) is 18.7 Å². The van der Waals surface area contributed by atoms with Gasteiger partial charge in [0.2, 0.25) is 5.89 Å². The van der Waals surface area contributed by atoms with E-state index in [0.29, 0.717) is 11.9 Å². The molecule has 0 radical (unpaired) electrons. The maximum absolute atomic E-state index is 5.38. The lowest BCUT2D eigenvalue weighted by Gasteiger charge is -2.17. The number of aromatic nitrogens is 2. The molecule has 1 aromatic heterocycles. The van der Waals surface area contributed by atoms with E-state index in [1.54, 1.807) is 7.11 Å². The van der Waals surface area contributed by atoms with Crippen molar-refractivity contribution in [2.75, 3.05) is 12.4 Å². The highest BCUT2D eigenvalue weighted by atomic mass is 16.5. The molecule has 84 valence electrons. The molecule has 0 spiro atoms. The molecule has 1 aromatic rings. The highest BCUT2D eigenvalue weighted by molar-refractivity contribution is 5.21. The first-order valence-electron chi connectivity index (χ1n) is 5.15. The Morgan fingerprint density at radius 3 is 3.07 bits per heavy atom. The summed E-state index contributed by atoms with van der Waals surface area (Å²) in [6, 6.07) is 0.700. The largest absolute Gasteiger partial charge is 0.407 e. The summed E-state index contributed by atoms with van der Waals surface area (Å²) in [5.74, 6) is 0.449. The molecule has 2 atom stereocenters. The molecule has 1 aliphatic rings. The van der Waals surface area contributed by atoms with Gasteiger partial charge in [-0.3, -0.25) is 0 Å². The molecule has 6 heteroatoms. The first-order chi connectivity index (χ1) is 7.33. The summed E-state index contributed by atoms with van der Waals surface area (Å²) in [6.07, 6.45) is 3.54. The van der Waals surface area contributed by atoms with Crippen LogP contribution in [0.15, 0.2) is 4.42 Å². The molecule has 0 aliphatic heterocycles. The van der Waals surface area contributed by atoms with Gasteiger partial charge in [-0.2, -0.15) is 0 Å². The molecule has 1 aliphatic carbocycles. The number of hydrogen-bond donors (Lipinski definition) is 2. The minimum absolute atomic E-state index is 0.234. The van der Waals surface area contributed by atoms with Crippen molar-refractivity contribution in [2.45, 2.75) is 38.0 Å². The predicted molar refractivity (Wildman–Crippen MR) is 54.2 cm³/mol. The van der Waals surface area contributed by atoms with Crippen LogP contribution in [-0.2, 0) is 11.3 Å². The second-order valence-corrected chi connectivity index (χ2v) is 3.66. The van der Waals surface area contributed by atoms with Crippen molar-refractivity contribution in [1.82, 2.24) is 10.2 Å². The Labute approximate surface area is 88.2 Å². The fraction of sp³-hybridized carbons (Fsp3) is 0.778. The van der Waals surface area contributed by atoms with Gasteiger partial charge in [0.15, 0.2) is 0 Å². The van der Waals surface area contributed by atoms with Gasteiger partial charge in [-0.25, -0.2) is 0 Å². The van der Waals surface area contributed by atoms with Gasteiger partial charge in [0.1, 0.15) is 0 Å². The van der Waals surface area contributed by atoms with Crippen LogP contribution in [0.5, 0.6) is 0 Å². The highest BCUT2D eigenvalue weighted by Gasteiger charge is 2.28. The summed E-state index contributed by atoms with van der Waals surface area (Å²) in [4.78, 5) is 0. The zero-order valence-corrected chi connectivity index (χ0v) is 8.77. The molecule has 3 N–H and O–H groups in total. The smallest absolute Gasteiger partial charge is 0.315 e. The van der Waals surface area contributed by atoms with Crippen molar-refractivity contribution in [1.29, 1.82) is 0 Å². The normalized spacial score (nSPS) is 25.7. The first-order valence-corrected chi connectivity index (χ1v) is 5.15. The van der Waals surface area contributed by atoms with Crippen LogP contribution in [-0.4, -0.2) is 29.5 Å². The topological polar surface area (TPSA) is 86.2 Å². The third-order valence-corrected chi connectivity index (χ3v) is 2.71. The van der Waals surface area contributed by atoms with Crippen molar-refractivity contribution >= 4 is 6.01 Å². The monoisotopic (exact) mass is 212 g/mol. The lowest BCUT2D eigenvalue weighted by atomic mass is 10.2. The maximum atomic E-state index is 5.38. The summed E-state index contributed by atoms with van der Waals surface area (Å²) < 4.78 is 10.6. The number of ether oxygens (including phenoxy) is 1. The van der Waals surface area contributed by atoms with Crippen LogP contribution in [0.3, 0.4) is 0 Å². The molecule has 0 aromatic carbocycles. The van der Waals surface area contributed by atoms with Gasteiger partial charge in [0, 0.05) is 7.11 Å². The Morgan fingerprint density at radius 2 is 2.40 bits per heavy atom. The molecular weight excluding hydrogens is 196 g/mol. The van der Waals surface area contributed by atoms with Gasteiger partial charge in [0.25, 0.3) is 0 Å². The summed E-state index contributed by atoms with van der Waals surface area (Å²) in [6.45, 7) is 0.271. The van der Waals surface area contributed by atoms with E-state index in [4.69, 9.17) is 14.9 Å². The van der Waals surface area contributed by atoms with Gasteiger partial charge < -0.3 is 20.2 Å². The van der Waals surface area contributed by atoms with Crippen LogP contribution >= 0.6 is 0 Å². The number of anilines is 1. The molecule has 2 rings (SSSR count). The Balaban J connectivity index is 1.95. The molecule has 2 unspecified atom stereocenters. The molecular formula is C9H16N4O2. The zero-order chi connectivity index (χ0) is 10.7. The second-order valence-electron chi connectivity index (χ2n) is 3.66. The van der Waals surface area contributed by atoms with Gasteiger partial charge in [0.05, 0.1) is 18.7 Å². The quantitative estimate of drug-likeness (QED) is 0.756. The Morgan fingerprint density at radius 1 is 1.53 bits per heavy atom. The average molecular weight is 212 g/mol. The van der Waals surface area contributed by atoms with Crippen LogP contribution in [0.25, 0.3) is 0 Å². The van der Waals surface area contributed by atoms with Crippen LogP contribution in [0.4, 0.5) is 6.01 Å². The third-order valence-electron chi connectivity index (χ3n) is 2.71. The fourth-order valence-electron chi connectivity index (χ4n) is 1.93. The number of hydrogen-bond acceptors (Lipinski definition) is 6. The van der Waals surface area contributed by atoms with E-state index in [1.807, 2.05) is 0 Å². The molecule has 0 bridgehead atoms. The van der Waals surface area contributed by atoms with E-state index in [0.717, 1.165) is 19.3 Å². The van der Waals surface area contributed by atoms with Crippen LogP contribution in [0.2, 0.25) is 0 Å². The fourth-order valence-corrected chi connectivity index (χ4v) is 1.93. The Kier molecular flexibility index (Phi) is 3.17. The minimum Gasteiger partial charge on any atom is -0.407 e. The number of nitrogens with one attached hydrogen (secondary N) is 1. The van der Waals surface area contributed by atoms with Crippen molar-refractivity contribution < 1.29 is 9.15 Å². The Hall–Kier alpha value is -1.14. The highest BCUT2D eigenvalue weighted by Crippen LogP contribution is 2.24. The molecule has 0 amide bonds. The average Bonchev–Trinajstić information content (AvgIpc) is 2.87. The molecule has 0 saturated heterocycles. The zero-order valence-electron chi connectivity index (χ0n) is 8.77. The van der Waals surface area contributed by atoms with Crippen molar-refractivity contribution in [3.05, 3.63) is 5.89 Å². The van der Waals surface area contributed by atoms with E-state index in [9.17, 15) is 0 Å². The predicted octanol–water partition coefficient (Wildman–Crippen LogP) is 0.508. The van der Waals surface area contributed by atoms with Gasteiger partial charge >= 0.3 is 6.01 Å². The number of methoxy groups -OCH3 is 1. The number of rotatable bonds is 4. The lowest BCUT2D eigenvalue weighted by Crippen LogP contribution is -2.29. The van der Waals surface area contributed by atoms with Gasteiger partial charge in [-0.15, -0.1) is 5.10 Å². The summed E-state index contributed by atoms with van der Waals surface area (Å²) in [5.41, 5.74) is 5.38. The van der Waals surface area contributed by atoms with E-state index >= 15 is 0 Å². The van der Waals surface area contributed by atoms with E-state index in [2.05, 4.69) is 15.5 Å². The minimum atomic E-state index is 0.234. The third kappa shape index (κ3) is 2.27. The van der Waals surface area contributed by atoms with Crippen LogP contribution in [0, 0.1) is 0 Å². The molecule has 1 heterocycles. The maximum Gasteiger partial charge on any atom is 0.315 e. The van der Waals surface area contributed by atoms with E-state index in [1.165, 1.54) is 0 Å². The number of nitrogens with two attached hydrogens (primary N) is 1. The summed E-state index contributed by atoms with van der Waals surface area (Å²) >= 11 is 0. The van der Waals surface area contributed by atoms with Crippen LogP contribution < -0.4 is 11.1 Å². The SMILES string of the molecule is COC1CCCC1Nc1nnc(CN)o1. The van der Waals surface area contributed by atoms with Gasteiger partial charge in [-0.05, 0) is 19.3 Å². The molecule has 15 heavy (non-hydrogen) atoms. The van der Waals surface area contributed by atoms with Crippen LogP contribution in [0.1, 0.15) is 25.2 Å². The molecule has 1 saturated carbocycles. The second kappa shape index (κ2) is 4.59. The summed E-state index contributed by atoms with van der Waals surface area (Å²) in [7, 11) is 1.73. The molecule has 6 nitrogen and oxygen atoms in total. The molecule has 1 fully saturated rings. The Bertz CT molecular complexity index is 315. The lowest BCUT2D eigenvalue weighted by molar-refractivity contribution is 0.100. The van der Waals surface area contributed by atoms with Crippen molar-refractivity contribution in [3.8, 4) is 0 Å². The van der Waals surface area contributed by atoms with E-state index < -0.39 is 0 Å². The standard InChI is InChI=1S/C9H16N4O2/c1-14-7-4-2-3-6(7)11-9-13-12-8(5-10)15-9/h6-7H,2-5,10H2,1H3,(H,11,13). The van der Waals surface area contributed by atoms with Crippen molar-refractivity contribution in [2.24, 2.45) is 5.73 Å². The van der Waals surface area contributed by atoms with Crippen molar-refractivity contribution in [3.63, 3.8) is 0 Å².